The lowest BCUT2D eigenvalue weighted by molar-refractivity contribution is 0.178. The number of aliphatic hydroxyl groups is 1. The molecule has 6 heteroatoms. The van der Waals surface area contributed by atoms with Gasteiger partial charge >= 0.3 is 0 Å². The second-order valence-electron chi connectivity index (χ2n) is 7.00. The normalized spacial score (nSPS) is 18.1. The van der Waals surface area contributed by atoms with E-state index in [0.29, 0.717) is 11.5 Å². The second kappa shape index (κ2) is 6.83. The summed E-state index contributed by atoms with van der Waals surface area (Å²) in [6.45, 7) is 0. The maximum Gasteiger partial charge on any atom is 0.161 e. The summed E-state index contributed by atoms with van der Waals surface area (Å²) < 4.78 is 12.9. The first kappa shape index (κ1) is 17.6. The number of fused-ring (bicyclic) bond motifs is 2. The van der Waals surface area contributed by atoms with Crippen LogP contribution in [0.5, 0.6) is 11.5 Å². The molecular weight excluding hydrogens is 366 g/mol. The number of pyridine rings is 1. The first-order valence-corrected chi connectivity index (χ1v) is 9.41. The number of imidazole rings is 1. The average molecular weight is 387 g/mol. The van der Waals surface area contributed by atoms with Crippen LogP contribution in [0.2, 0.25) is 0 Å². The van der Waals surface area contributed by atoms with Crippen molar-refractivity contribution >= 4 is 11.3 Å². The highest BCUT2D eigenvalue weighted by molar-refractivity contribution is 5.64. The lowest BCUT2D eigenvalue weighted by Crippen LogP contribution is -2.26. The highest BCUT2D eigenvalue weighted by Crippen LogP contribution is 2.48. The van der Waals surface area contributed by atoms with E-state index in [4.69, 9.17) is 9.47 Å². The molecule has 0 spiro atoms. The summed E-state index contributed by atoms with van der Waals surface area (Å²) in [5.74, 6) is 1.33. The molecule has 0 bridgehead atoms. The fraction of sp³-hybridized carbons (Fsp3) is 0.174. The van der Waals surface area contributed by atoms with Crippen LogP contribution in [-0.4, -0.2) is 28.7 Å². The average Bonchev–Trinajstić information content (AvgIpc) is 3.35. The van der Waals surface area contributed by atoms with Gasteiger partial charge in [-0.25, -0.2) is 4.98 Å². The van der Waals surface area contributed by atoms with Crippen molar-refractivity contribution in [2.24, 2.45) is 0 Å². The fourth-order valence-corrected chi connectivity index (χ4v) is 4.15. The van der Waals surface area contributed by atoms with Crippen LogP contribution in [-0.2, 0) is 0 Å². The predicted octanol–water partition coefficient (Wildman–Crippen LogP) is 3.95. The Morgan fingerprint density at radius 3 is 2.48 bits per heavy atom. The van der Waals surface area contributed by atoms with Crippen molar-refractivity contribution in [3.63, 3.8) is 0 Å². The molecule has 0 saturated heterocycles. The van der Waals surface area contributed by atoms with E-state index >= 15 is 0 Å². The number of nitrogens with zero attached hydrogens (tertiary/aromatic N) is 3. The molecule has 1 aliphatic heterocycles. The Balaban J connectivity index is 1.69. The van der Waals surface area contributed by atoms with Crippen LogP contribution < -0.4 is 14.4 Å². The van der Waals surface area contributed by atoms with Gasteiger partial charge in [-0.15, -0.1) is 0 Å². The van der Waals surface area contributed by atoms with Gasteiger partial charge < -0.3 is 23.9 Å². The lowest BCUT2D eigenvalue weighted by atomic mass is 9.97. The molecular formula is C23H21N3O3. The molecule has 29 heavy (non-hydrogen) atoms. The smallest absolute Gasteiger partial charge is 0.161 e. The third-order valence-corrected chi connectivity index (χ3v) is 5.51. The maximum absolute atomic E-state index is 11.2. The highest BCUT2D eigenvalue weighted by Gasteiger charge is 2.38. The standard InChI is InChI=1S/C23H21N3O3/c1-28-19-8-7-15(13-20(19)29-2)22-17-5-3-4-6-18(17)23(27)26(22)16-9-11-25-12-10-24-21(25)14-16/h3-14,22-23,27H,1-2H3/t22-,23?/m0/s1. The van der Waals surface area contributed by atoms with Gasteiger partial charge in [-0.05, 0) is 29.3 Å². The number of anilines is 1. The quantitative estimate of drug-likeness (QED) is 0.575. The number of aromatic nitrogens is 2. The van der Waals surface area contributed by atoms with Crippen molar-refractivity contribution in [3.05, 3.63) is 89.9 Å². The minimum Gasteiger partial charge on any atom is -0.493 e. The molecule has 2 aromatic heterocycles. The van der Waals surface area contributed by atoms with Crippen LogP contribution >= 0.6 is 0 Å². The number of hydrogen-bond acceptors (Lipinski definition) is 5. The van der Waals surface area contributed by atoms with E-state index < -0.39 is 6.23 Å². The Hall–Kier alpha value is -3.51. The number of methoxy groups -OCH3 is 2. The summed E-state index contributed by atoms with van der Waals surface area (Å²) in [7, 11) is 3.25. The largest absolute Gasteiger partial charge is 0.493 e. The fourth-order valence-electron chi connectivity index (χ4n) is 4.15. The molecule has 0 fully saturated rings. The van der Waals surface area contributed by atoms with Crippen LogP contribution in [0.15, 0.2) is 73.2 Å². The monoisotopic (exact) mass is 387 g/mol. The van der Waals surface area contributed by atoms with Crippen LogP contribution in [0.3, 0.4) is 0 Å². The van der Waals surface area contributed by atoms with Gasteiger partial charge in [0.1, 0.15) is 5.65 Å². The van der Waals surface area contributed by atoms with Crippen LogP contribution in [0.1, 0.15) is 29.0 Å². The van der Waals surface area contributed by atoms with Gasteiger partial charge in [0.2, 0.25) is 0 Å². The molecule has 1 unspecified atom stereocenters. The Morgan fingerprint density at radius 1 is 0.897 bits per heavy atom. The minimum atomic E-state index is -0.762. The number of aliphatic hydroxyl groups excluding tert-OH is 1. The van der Waals surface area contributed by atoms with Crippen molar-refractivity contribution in [2.75, 3.05) is 19.1 Å². The van der Waals surface area contributed by atoms with E-state index in [-0.39, 0.29) is 6.04 Å². The van der Waals surface area contributed by atoms with Gasteiger partial charge in [0.25, 0.3) is 0 Å². The molecule has 2 atom stereocenters. The number of ether oxygens (including phenoxy) is 2. The Morgan fingerprint density at radius 2 is 1.69 bits per heavy atom. The Labute approximate surface area is 168 Å². The van der Waals surface area contributed by atoms with E-state index in [0.717, 1.165) is 28.0 Å². The van der Waals surface area contributed by atoms with Gasteiger partial charge in [0, 0.05) is 35.9 Å². The van der Waals surface area contributed by atoms with Crippen LogP contribution in [0, 0.1) is 0 Å². The first-order valence-electron chi connectivity index (χ1n) is 9.41. The molecule has 1 N–H and O–H groups in total. The summed E-state index contributed by atoms with van der Waals surface area (Å²) in [6.07, 6.45) is 4.86. The zero-order valence-corrected chi connectivity index (χ0v) is 16.2. The zero-order chi connectivity index (χ0) is 20.0. The summed E-state index contributed by atoms with van der Waals surface area (Å²) in [4.78, 5) is 6.41. The Kier molecular flexibility index (Phi) is 4.14. The number of rotatable bonds is 4. The van der Waals surface area contributed by atoms with Gasteiger partial charge in [-0.2, -0.15) is 0 Å². The molecule has 0 aliphatic carbocycles. The van der Waals surface area contributed by atoms with Gasteiger partial charge in [-0.3, -0.25) is 0 Å². The van der Waals surface area contributed by atoms with E-state index in [1.165, 1.54) is 0 Å². The van der Waals surface area contributed by atoms with Crippen molar-refractivity contribution in [3.8, 4) is 11.5 Å². The molecule has 5 rings (SSSR count). The molecule has 0 amide bonds. The molecule has 1 aliphatic rings. The molecule has 0 saturated carbocycles. The SMILES string of the molecule is COc1ccc([C@H]2c3ccccc3C(O)N2c2ccn3ccnc3c2)cc1OC. The third kappa shape index (κ3) is 2.72. The van der Waals surface area contributed by atoms with Gasteiger partial charge in [0.05, 0.1) is 20.3 Å². The summed E-state index contributed by atoms with van der Waals surface area (Å²) in [5.41, 5.74) is 4.70. The number of benzene rings is 2. The van der Waals surface area contributed by atoms with Gasteiger partial charge in [-0.1, -0.05) is 30.3 Å². The summed E-state index contributed by atoms with van der Waals surface area (Å²) in [5, 5.41) is 11.2. The van der Waals surface area contributed by atoms with Crippen molar-refractivity contribution < 1.29 is 14.6 Å². The van der Waals surface area contributed by atoms with E-state index in [9.17, 15) is 5.11 Å². The summed E-state index contributed by atoms with van der Waals surface area (Å²) in [6, 6.07) is 17.7. The van der Waals surface area contributed by atoms with Crippen LogP contribution in [0.25, 0.3) is 5.65 Å². The Bertz CT molecular complexity index is 1190. The molecule has 146 valence electrons. The van der Waals surface area contributed by atoms with E-state index in [2.05, 4.69) is 11.1 Å². The first-order chi connectivity index (χ1) is 14.2. The second-order valence-corrected chi connectivity index (χ2v) is 7.00. The molecule has 3 heterocycles. The van der Waals surface area contributed by atoms with Crippen molar-refractivity contribution in [2.45, 2.75) is 12.3 Å². The molecule has 2 aromatic carbocycles. The van der Waals surface area contributed by atoms with Crippen molar-refractivity contribution in [1.29, 1.82) is 0 Å². The molecule has 0 radical (unpaired) electrons. The third-order valence-electron chi connectivity index (χ3n) is 5.51. The molecule has 6 nitrogen and oxygen atoms in total. The summed E-state index contributed by atoms with van der Waals surface area (Å²) >= 11 is 0. The zero-order valence-electron chi connectivity index (χ0n) is 16.2. The van der Waals surface area contributed by atoms with Gasteiger partial charge in [0.15, 0.2) is 17.7 Å². The topological polar surface area (TPSA) is 59.2 Å². The van der Waals surface area contributed by atoms with Crippen molar-refractivity contribution in [1.82, 2.24) is 9.38 Å². The highest BCUT2D eigenvalue weighted by atomic mass is 16.5. The van der Waals surface area contributed by atoms with E-state index in [1.807, 2.05) is 70.2 Å². The lowest BCUT2D eigenvalue weighted by Gasteiger charge is -2.31. The molecule has 4 aromatic rings. The minimum absolute atomic E-state index is 0.168. The predicted molar refractivity (Wildman–Crippen MR) is 110 cm³/mol. The van der Waals surface area contributed by atoms with Crippen LogP contribution in [0.4, 0.5) is 5.69 Å². The maximum atomic E-state index is 11.2. The van der Waals surface area contributed by atoms with E-state index in [1.54, 1.807) is 20.4 Å². The number of hydrogen-bond donors (Lipinski definition) is 1.